The number of rotatable bonds is 8. The minimum Gasteiger partial charge on any atom is -0.350 e. The molecule has 0 unspecified atom stereocenters. The van der Waals surface area contributed by atoms with Crippen LogP contribution in [0.5, 0.6) is 0 Å². The highest BCUT2D eigenvalue weighted by molar-refractivity contribution is 5.78. The van der Waals surface area contributed by atoms with E-state index in [1.807, 2.05) is 18.2 Å². The number of pyridine rings is 1. The molecular weight excluding hydrogens is 360 g/mol. The van der Waals surface area contributed by atoms with Crippen molar-refractivity contribution in [2.75, 3.05) is 26.2 Å². The van der Waals surface area contributed by atoms with Gasteiger partial charge in [-0.2, -0.15) is 0 Å². The van der Waals surface area contributed by atoms with E-state index in [1.165, 1.54) is 37.9 Å². The second-order valence-corrected chi connectivity index (χ2v) is 8.96. The number of carbonyl (C=O) groups excluding carboxylic acids is 1. The van der Waals surface area contributed by atoms with E-state index in [0.29, 0.717) is 18.6 Å². The summed E-state index contributed by atoms with van der Waals surface area (Å²) in [4.78, 5) is 22.1. The highest BCUT2D eigenvalue weighted by Crippen LogP contribution is 2.25. The van der Waals surface area contributed by atoms with E-state index >= 15 is 0 Å². The first kappa shape index (κ1) is 22.0. The van der Waals surface area contributed by atoms with E-state index in [0.717, 1.165) is 38.0 Å². The Labute approximate surface area is 176 Å². The zero-order chi connectivity index (χ0) is 20.6. The van der Waals surface area contributed by atoms with Gasteiger partial charge >= 0.3 is 0 Å². The standard InChI is InChI=1S/C24H38N4O/c1-19(2)7-8-20(3)27-16-11-23(12-17-27)28-14-9-21(10-15-28)24(29)26-18-22-6-4-5-13-25-22/h4-6,13,20-21,23H,1,7-12,14-18H2,2-3H3,(H,26,29)/t20-/m0/s1. The number of hydrogen-bond acceptors (Lipinski definition) is 4. The highest BCUT2D eigenvalue weighted by atomic mass is 16.1. The van der Waals surface area contributed by atoms with Crippen LogP contribution in [0.15, 0.2) is 36.5 Å². The first-order valence-corrected chi connectivity index (χ1v) is 11.3. The molecule has 1 amide bonds. The summed E-state index contributed by atoms with van der Waals surface area (Å²) in [6, 6.07) is 7.15. The molecule has 2 aliphatic heterocycles. The van der Waals surface area contributed by atoms with Gasteiger partial charge in [-0.05, 0) is 90.7 Å². The Morgan fingerprint density at radius 2 is 1.93 bits per heavy atom. The molecule has 5 heteroatoms. The Morgan fingerprint density at radius 3 is 2.55 bits per heavy atom. The lowest BCUT2D eigenvalue weighted by Crippen LogP contribution is -2.50. The van der Waals surface area contributed by atoms with Gasteiger partial charge in [-0.15, -0.1) is 6.58 Å². The van der Waals surface area contributed by atoms with E-state index in [4.69, 9.17) is 0 Å². The molecule has 2 aliphatic rings. The quantitative estimate of drug-likeness (QED) is 0.680. The largest absolute Gasteiger partial charge is 0.350 e. The third-order valence-corrected chi connectivity index (χ3v) is 6.70. The summed E-state index contributed by atoms with van der Waals surface area (Å²) in [6.07, 6.45) is 8.59. The molecule has 1 aromatic heterocycles. The van der Waals surface area contributed by atoms with Gasteiger partial charge in [-0.25, -0.2) is 0 Å². The Bertz CT molecular complexity index is 646. The lowest BCUT2D eigenvalue weighted by Gasteiger charge is -2.43. The Morgan fingerprint density at radius 1 is 1.21 bits per heavy atom. The van der Waals surface area contributed by atoms with Crippen LogP contribution in [0.25, 0.3) is 0 Å². The molecule has 0 aliphatic carbocycles. The predicted molar refractivity (Wildman–Crippen MR) is 118 cm³/mol. The van der Waals surface area contributed by atoms with Gasteiger partial charge in [0.05, 0.1) is 12.2 Å². The van der Waals surface area contributed by atoms with Gasteiger partial charge in [-0.3, -0.25) is 9.78 Å². The summed E-state index contributed by atoms with van der Waals surface area (Å²) in [5, 5.41) is 3.07. The maximum Gasteiger partial charge on any atom is 0.223 e. The molecule has 3 rings (SSSR count). The Balaban J connectivity index is 1.35. The van der Waals surface area contributed by atoms with Crippen LogP contribution in [0.4, 0.5) is 0 Å². The van der Waals surface area contributed by atoms with Gasteiger partial charge in [-0.1, -0.05) is 11.6 Å². The number of hydrogen-bond donors (Lipinski definition) is 1. The van der Waals surface area contributed by atoms with Crippen molar-refractivity contribution in [1.29, 1.82) is 0 Å². The zero-order valence-electron chi connectivity index (χ0n) is 18.3. The molecule has 160 valence electrons. The van der Waals surface area contributed by atoms with Crippen molar-refractivity contribution in [2.45, 2.75) is 71.0 Å². The summed E-state index contributed by atoms with van der Waals surface area (Å²) < 4.78 is 0. The molecule has 1 atom stereocenters. The van der Waals surface area contributed by atoms with Gasteiger partial charge in [0.1, 0.15) is 0 Å². The molecule has 0 bridgehead atoms. The highest BCUT2D eigenvalue weighted by Gasteiger charge is 2.31. The molecular formula is C24H38N4O. The third-order valence-electron chi connectivity index (χ3n) is 6.70. The second kappa shape index (κ2) is 10.9. The summed E-state index contributed by atoms with van der Waals surface area (Å²) >= 11 is 0. The van der Waals surface area contributed by atoms with Crippen LogP contribution in [0, 0.1) is 5.92 Å². The number of aromatic nitrogens is 1. The fraction of sp³-hybridized carbons (Fsp3) is 0.667. The van der Waals surface area contributed by atoms with E-state index in [2.05, 4.69) is 40.5 Å². The number of allylic oxidation sites excluding steroid dienone is 1. The Kier molecular flexibility index (Phi) is 8.25. The van der Waals surface area contributed by atoms with Gasteiger partial charge in [0.2, 0.25) is 5.91 Å². The fourth-order valence-electron chi connectivity index (χ4n) is 4.68. The molecule has 29 heavy (non-hydrogen) atoms. The molecule has 2 saturated heterocycles. The van der Waals surface area contributed by atoms with Gasteiger partial charge < -0.3 is 15.1 Å². The molecule has 0 saturated carbocycles. The molecule has 0 aromatic carbocycles. The SMILES string of the molecule is C=C(C)CC[C@H](C)N1CCC(N2CCC(C(=O)NCc3ccccn3)CC2)CC1. The number of piperidine rings is 2. The van der Waals surface area contributed by atoms with Crippen LogP contribution in [0.2, 0.25) is 0 Å². The number of likely N-dealkylation sites (tertiary alicyclic amines) is 2. The van der Waals surface area contributed by atoms with E-state index in [-0.39, 0.29) is 11.8 Å². The maximum atomic E-state index is 12.5. The molecule has 3 heterocycles. The van der Waals surface area contributed by atoms with Crippen LogP contribution in [-0.4, -0.2) is 59.0 Å². The average molecular weight is 399 g/mol. The minimum atomic E-state index is 0.150. The van der Waals surface area contributed by atoms with Crippen molar-refractivity contribution < 1.29 is 4.79 Å². The normalized spacial score (nSPS) is 21.0. The first-order chi connectivity index (χ1) is 14.0. The van der Waals surface area contributed by atoms with Crippen LogP contribution in [0.1, 0.15) is 58.1 Å². The topological polar surface area (TPSA) is 48.5 Å². The van der Waals surface area contributed by atoms with Crippen LogP contribution < -0.4 is 5.32 Å². The van der Waals surface area contributed by atoms with E-state index in [1.54, 1.807) is 6.20 Å². The molecule has 0 radical (unpaired) electrons. The third kappa shape index (κ3) is 6.65. The van der Waals surface area contributed by atoms with E-state index < -0.39 is 0 Å². The van der Waals surface area contributed by atoms with Gasteiger partial charge in [0, 0.05) is 24.2 Å². The molecule has 2 fully saturated rings. The lowest BCUT2D eigenvalue weighted by molar-refractivity contribution is -0.126. The van der Waals surface area contributed by atoms with Crippen molar-refractivity contribution in [2.24, 2.45) is 5.92 Å². The zero-order valence-corrected chi connectivity index (χ0v) is 18.3. The molecule has 1 aromatic rings. The summed E-state index contributed by atoms with van der Waals surface area (Å²) in [6.45, 7) is 13.6. The first-order valence-electron chi connectivity index (χ1n) is 11.3. The van der Waals surface area contributed by atoms with Gasteiger partial charge in [0.15, 0.2) is 0 Å². The number of carbonyl (C=O) groups is 1. The molecule has 5 nitrogen and oxygen atoms in total. The van der Waals surface area contributed by atoms with Crippen molar-refractivity contribution in [1.82, 2.24) is 20.1 Å². The van der Waals surface area contributed by atoms with Crippen LogP contribution in [0.3, 0.4) is 0 Å². The van der Waals surface area contributed by atoms with Gasteiger partial charge in [0.25, 0.3) is 0 Å². The predicted octanol–water partition coefficient (Wildman–Crippen LogP) is 3.62. The molecule has 1 N–H and O–H groups in total. The van der Waals surface area contributed by atoms with E-state index in [9.17, 15) is 4.79 Å². The summed E-state index contributed by atoms with van der Waals surface area (Å²) in [5.41, 5.74) is 2.21. The summed E-state index contributed by atoms with van der Waals surface area (Å²) in [5.74, 6) is 0.341. The maximum absolute atomic E-state index is 12.5. The number of nitrogens with one attached hydrogen (secondary N) is 1. The molecule has 0 spiro atoms. The van der Waals surface area contributed by atoms with Crippen molar-refractivity contribution in [3.63, 3.8) is 0 Å². The number of amides is 1. The monoisotopic (exact) mass is 398 g/mol. The average Bonchev–Trinajstić information content (AvgIpc) is 2.76. The summed E-state index contributed by atoms with van der Waals surface area (Å²) in [7, 11) is 0. The Hall–Kier alpha value is -1.72. The second-order valence-electron chi connectivity index (χ2n) is 8.96. The minimum absolute atomic E-state index is 0.150. The fourth-order valence-corrected chi connectivity index (χ4v) is 4.68. The smallest absolute Gasteiger partial charge is 0.223 e. The van der Waals surface area contributed by atoms with Crippen molar-refractivity contribution in [3.05, 3.63) is 42.2 Å². The lowest BCUT2D eigenvalue weighted by atomic mass is 9.92. The van der Waals surface area contributed by atoms with Crippen LogP contribution in [-0.2, 0) is 11.3 Å². The van der Waals surface area contributed by atoms with Crippen LogP contribution >= 0.6 is 0 Å². The van der Waals surface area contributed by atoms with Crippen molar-refractivity contribution >= 4 is 5.91 Å². The number of nitrogens with zero attached hydrogens (tertiary/aromatic N) is 3. The van der Waals surface area contributed by atoms with Crippen molar-refractivity contribution in [3.8, 4) is 0 Å².